The fourth-order valence-electron chi connectivity index (χ4n) is 2.75. The molecule has 0 aliphatic carbocycles. The highest BCUT2D eigenvalue weighted by Crippen LogP contribution is 2.23. The Labute approximate surface area is 137 Å². The second-order valence-electron chi connectivity index (χ2n) is 6.55. The lowest BCUT2D eigenvalue weighted by atomic mass is 9.91. The number of carbonyl (C=O) groups is 2. The normalized spacial score (nSPS) is 15.9. The molecule has 1 amide bonds. The summed E-state index contributed by atoms with van der Waals surface area (Å²) in [6, 6.07) is 0. The van der Waals surface area contributed by atoms with E-state index in [9.17, 15) is 9.59 Å². The third-order valence-corrected chi connectivity index (χ3v) is 4.10. The van der Waals surface area contributed by atoms with Gasteiger partial charge >= 0.3 is 6.09 Å². The van der Waals surface area contributed by atoms with Crippen LogP contribution in [0.2, 0.25) is 0 Å². The number of carbonyl (C=O) groups excluding carboxylic acids is 2. The number of rotatable bonds is 7. The Hall–Kier alpha value is -1.85. The molecule has 1 saturated heterocycles. The molecule has 2 rings (SSSR count). The van der Waals surface area contributed by atoms with E-state index in [1.165, 1.54) is 12.5 Å². The van der Waals surface area contributed by atoms with Crippen molar-refractivity contribution in [2.24, 2.45) is 11.8 Å². The molecule has 0 aromatic carbocycles. The Balaban J connectivity index is 1.61. The van der Waals surface area contributed by atoms with Crippen molar-refractivity contribution in [1.82, 2.24) is 9.88 Å². The largest absolute Gasteiger partial charge is 0.449 e. The van der Waals surface area contributed by atoms with Crippen LogP contribution in [0, 0.1) is 11.8 Å². The fraction of sp³-hybridized carbons (Fsp3) is 0.706. The molecule has 0 atom stereocenters. The third kappa shape index (κ3) is 5.69. The first-order valence-electron chi connectivity index (χ1n) is 8.40. The van der Waals surface area contributed by atoms with Gasteiger partial charge in [-0.15, -0.1) is 0 Å². The van der Waals surface area contributed by atoms with Gasteiger partial charge in [0.2, 0.25) is 5.78 Å². The van der Waals surface area contributed by atoms with E-state index in [0.717, 1.165) is 38.8 Å². The van der Waals surface area contributed by atoms with Gasteiger partial charge in [0.05, 0.1) is 12.8 Å². The van der Waals surface area contributed by atoms with Crippen molar-refractivity contribution < 1.29 is 18.7 Å². The summed E-state index contributed by atoms with van der Waals surface area (Å²) in [7, 11) is 0. The second kappa shape index (κ2) is 8.70. The summed E-state index contributed by atoms with van der Waals surface area (Å²) in [6.45, 7) is 6.02. The molecule has 1 aromatic heterocycles. The lowest BCUT2D eigenvalue weighted by Gasteiger charge is -2.31. The molecule has 0 unspecified atom stereocenters. The van der Waals surface area contributed by atoms with Crippen LogP contribution >= 0.6 is 0 Å². The number of aromatic nitrogens is 1. The topological polar surface area (TPSA) is 72.6 Å². The van der Waals surface area contributed by atoms with Crippen LogP contribution in [0.4, 0.5) is 4.79 Å². The van der Waals surface area contributed by atoms with Crippen molar-refractivity contribution >= 4 is 11.9 Å². The van der Waals surface area contributed by atoms with Crippen LogP contribution in [0.5, 0.6) is 0 Å². The molecule has 1 fully saturated rings. The number of hydrogen-bond donors (Lipinski definition) is 0. The lowest BCUT2D eigenvalue weighted by Crippen LogP contribution is -2.39. The zero-order valence-corrected chi connectivity index (χ0v) is 14.0. The highest BCUT2D eigenvalue weighted by molar-refractivity contribution is 5.91. The lowest BCUT2D eigenvalue weighted by molar-refractivity contribution is 0.0779. The number of oxazole rings is 1. The number of ether oxygens (including phenoxy) is 1. The number of piperidine rings is 1. The highest BCUT2D eigenvalue weighted by Gasteiger charge is 2.24. The minimum Gasteiger partial charge on any atom is -0.449 e. The summed E-state index contributed by atoms with van der Waals surface area (Å²) in [5.74, 6) is 1.09. The maximum absolute atomic E-state index is 11.9. The number of likely N-dealkylation sites (tertiary alicyclic amines) is 1. The molecule has 2 heterocycles. The first-order valence-corrected chi connectivity index (χ1v) is 8.40. The van der Waals surface area contributed by atoms with Crippen molar-refractivity contribution in [3.63, 3.8) is 0 Å². The van der Waals surface area contributed by atoms with Crippen LogP contribution in [0.15, 0.2) is 16.9 Å². The Morgan fingerprint density at radius 3 is 2.74 bits per heavy atom. The predicted molar refractivity (Wildman–Crippen MR) is 85.2 cm³/mol. The first kappa shape index (κ1) is 17.5. The van der Waals surface area contributed by atoms with Gasteiger partial charge in [0, 0.05) is 19.5 Å². The molecule has 128 valence electrons. The summed E-state index contributed by atoms with van der Waals surface area (Å²) in [4.78, 5) is 29.3. The van der Waals surface area contributed by atoms with Crippen molar-refractivity contribution in [3.05, 3.63) is 18.4 Å². The van der Waals surface area contributed by atoms with Crippen molar-refractivity contribution in [2.45, 2.75) is 46.0 Å². The summed E-state index contributed by atoms with van der Waals surface area (Å²) in [6.07, 6.45) is 6.97. The zero-order valence-electron chi connectivity index (χ0n) is 14.0. The number of hydrogen-bond acceptors (Lipinski definition) is 5. The molecule has 0 saturated carbocycles. The monoisotopic (exact) mass is 322 g/mol. The van der Waals surface area contributed by atoms with E-state index >= 15 is 0 Å². The summed E-state index contributed by atoms with van der Waals surface area (Å²) in [5.41, 5.74) is 0. The molecular formula is C17H26N2O4. The highest BCUT2D eigenvalue weighted by atomic mass is 16.6. The standard InChI is InChI=1S/C17H26N2O4/c1-13(2)12-23-17(21)19-9-6-14(7-10-19)4-3-5-15(20)16-18-8-11-22-16/h8,11,13-14H,3-7,9-10,12H2,1-2H3. The van der Waals surface area contributed by atoms with Crippen LogP contribution in [0.25, 0.3) is 0 Å². The minimum absolute atomic E-state index is 0.0373. The fourth-order valence-corrected chi connectivity index (χ4v) is 2.75. The Kier molecular flexibility index (Phi) is 6.62. The van der Waals surface area contributed by atoms with Gasteiger partial charge in [-0.1, -0.05) is 13.8 Å². The first-order chi connectivity index (χ1) is 11.1. The van der Waals surface area contributed by atoms with Gasteiger partial charge in [0.25, 0.3) is 5.89 Å². The maximum Gasteiger partial charge on any atom is 0.409 e. The number of nitrogens with zero attached hydrogens (tertiary/aromatic N) is 2. The van der Waals surface area contributed by atoms with E-state index < -0.39 is 0 Å². The van der Waals surface area contributed by atoms with Gasteiger partial charge in [0.15, 0.2) is 0 Å². The molecule has 0 radical (unpaired) electrons. The minimum atomic E-state index is -0.198. The van der Waals surface area contributed by atoms with Crippen LogP contribution in [-0.2, 0) is 4.74 Å². The molecule has 1 aliphatic rings. The van der Waals surface area contributed by atoms with Crippen LogP contribution in [0.1, 0.15) is 56.6 Å². The van der Waals surface area contributed by atoms with Crippen molar-refractivity contribution in [1.29, 1.82) is 0 Å². The number of Topliss-reactive ketones (excluding diaryl/α,β-unsaturated/α-hetero) is 1. The Morgan fingerprint density at radius 1 is 1.39 bits per heavy atom. The molecule has 6 heteroatoms. The summed E-state index contributed by atoms with van der Waals surface area (Å²) < 4.78 is 10.3. The van der Waals surface area contributed by atoms with Gasteiger partial charge in [0.1, 0.15) is 6.26 Å². The van der Waals surface area contributed by atoms with E-state index in [4.69, 9.17) is 9.15 Å². The summed E-state index contributed by atoms with van der Waals surface area (Å²) >= 11 is 0. The molecule has 0 N–H and O–H groups in total. The van der Waals surface area contributed by atoms with E-state index in [1.54, 1.807) is 4.90 Å². The Morgan fingerprint density at radius 2 is 2.13 bits per heavy atom. The van der Waals surface area contributed by atoms with Crippen LogP contribution in [0.3, 0.4) is 0 Å². The summed E-state index contributed by atoms with van der Waals surface area (Å²) in [5, 5.41) is 0. The smallest absolute Gasteiger partial charge is 0.409 e. The molecule has 0 bridgehead atoms. The molecular weight excluding hydrogens is 296 g/mol. The van der Waals surface area contributed by atoms with E-state index in [0.29, 0.717) is 24.9 Å². The average Bonchev–Trinajstić information content (AvgIpc) is 3.07. The van der Waals surface area contributed by atoms with E-state index in [1.807, 2.05) is 13.8 Å². The van der Waals surface area contributed by atoms with E-state index in [2.05, 4.69) is 4.98 Å². The third-order valence-electron chi connectivity index (χ3n) is 4.10. The van der Waals surface area contributed by atoms with Gasteiger partial charge in [-0.05, 0) is 37.5 Å². The number of amides is 1. The predicted octanol–water partition coefficient (Wildman–Crippen LogP) is 3.53. The second-order valence-corrected chi connectivity index (χ2v) is 6.55. The van der Waals surface area contributed by atoms with Gasteiger partial charge < -0.3 is 14.1 Å². The van der Waals surface area contributed by atoms with Gasteiger partial charge in [-0.3, -0.25) is 4.79 Å². The van der Waals surface area contributed by atoms with Gasteiger partial charge in [-0.2, -0.15) is 0 Å². The van der Waals surface area contributed by atoms with Crippen molar-refractivity contribution in [2.75, 3.05) is 19.7 Å². The molecule has 0 spiro atoms. The van der Waals surface area contributed by atoms with Crippen LogP contribution in [-0.4, -0.2) is 41.5 Å². The van der Waals surface area contributed by atoms with Gasteiger partial charge in [-0.25, -0.2) is 9.78 Å². The zero-order chi connectivity index (χ0) is 16.7. The quantitative estimate of drug-likeness (QED) is 0.718. The molecule has 23 heavy (non-hydrogen) atoms. The average molecular weight is 322 g/mol. The molecule has 6 nitrogen and oxygen atoms in total. The molecule has 1 aromatic rings. The van der Waals surface area contributed by atoms with E-state index in [-0.39, 0.29) is 17.8 Å². The van der Waals surface area contributed by atoms with Crippen LogP contribution < -0.4 is 0 Å². The SMILES string of the molecule is CC(C)COC(=O)N1CCC(CCCC(=O)c2ncco2)CC1. The maximum atomic E-state index is 11.9. The molecule has 1 aliphatic heterocycles. The van der Waals surface area contributed by atoms with Crippen molar-refractivity contribution in [3.8, 4) is 0 Å². The number of ketones is 1. The Bertz CT molecular complexity index is 491.